The van der Waals surface area contributed by atoms with Crippen molar-refractivity contribution in [1.82, 2.24) is 20.4 Å². The highest BCUT2D eigenvalue weighted by Gasteiger charge is 2.23. The molecule has 0 atom stereocenters. The van der Waals surface area contributed by atoms with Crippen molar-refractivity contribution in [1.29, 1.82) is 0 Å². The van der Waals surface area contributed by atoms with Gasteiger partial charge in [0.25, 0.3) is 5.91 Å². The van der Waals surface area contributed by atoms with Crippen LogP contribution in [0.4, 0.5) is 0 Å². The Bertz CT molecular complexity index is 942. The van der Waals surface area contributed by atoms with Gasteiger partial charge in [0.15, 0.2) is 0 Å². The molecule has 1 N–H and O–H groups in total. The van der Waals surface area contributed by atoms with Crippen LogP contribution in [0, 0.1) is 13.8 Å². The Morgan fingerprint density at radius 1 is 1.21 bits per heavy atom. The number of rotatable bonds is 5. The molecule has 0 radical (unpaired) electrons. The number of carbonyl (C=O) groups excluding carboxylic acids is 1. The van der Waals surface area contributed by atoms with E-state index in [1.807, 2.05) is 32.0 Å². The predicted octanol–water partition coefficient (Wildman–Crippen LogP) is 3.81. The summed E-state index contributed by atoms with van der Waals surface area (Å²) in [7, 11) is 0. The first kappa shape index (κ1) is 18.8. The van der Waals surface area contributed by atoms with Crippen LogP contribution >= 0.6 is 11.3 Å². The molecular weight excluding hydrogens is 372 g/mol. The average molecular weight is 397 g/mol. The number of amides is 1. The number of furan rings is 1. The van der Waals surface area contributed by atoms with E-state index < -0.39 is 0 Å². The fraction of sp³-hybridized carbons (Fsp3) is 0.381. The van der Waals surface area contributed by atoms with E-state index in [9.17, 15) is 4.79 Å². The smallest absolute Gasteiger partial charge is 0.255 e. The molecule has 0 bridgehead atoms. The molecule has 146 valence electrons. The van der Waals surface area contributed by atoms with Crippen LogP contribution < -0.4 is 5.32 Å². The normalized spacial score (nSPS) is 15.6. The molecule has 4 rings (SSSR count). The van der Waals surface area contributed by atoms with Crippen molar-refractivity contribution in [2.24, 2.45) is 0 Å². The van der Waals surface area contributed by atoms with Gasteiger partial charge >= 0.3 is 0 Å². The third kappa shape index (κ3) is 4.31. The van der Waals surface area contributed by atoms with E-state index in [1.54, 1.807) is 17.4 Å². The Balaban J connectivity index is 1.28. The van der Waals surface area contributed by atoms with E-state index >= 15 is 0 Å². The lowest BCUT2D eigenvalue weighted by atomic mass is 10.0. The molecule has 28 heavy (non-hydrogen) atoms. The standard InChI is InChI=1S/C21H24N4O2S/c1-14-12-18(15(2)27-14)20(26)22-17-8-10-25(11-9-17)13-19-23-24-21(28-19)16-6-4-3-5-7-16/h3-7,12,17H,8-11,13H2,1-2H3,(H,22,26). The van der Waals surface area contributed by atoms with Crippen LogP contribution in [0.15, 0.2) is 40.8 Å². The highest BCUT2D eigenvalue weighted by atomic mass is 32.1. The number of aromatic nitrogens is 2. The van der Waals surface area contributed by atoms with Crippen molar-refractivity contribution < 1.29 is 9.21 Å². The maximum Gasteiger partial charge on any atom is 0.255 e. The Labute approximate surface area is 168 Å². The van der Waals surface area contributed by atoms with Gasteiger partial charge in [0.05, 0.1) is 12.1 Å². The van der Waals surface area contributed by atoms with Gasteiger partial charge in [0.2, 0.25) is 0 Å². The van der Waals surface area contributed by atoms with Crippen molar-refractivity contribution >= 4 is 17.2 Å². The van der Waals surface area contributed by atoms with Gasteiger partial charge in [-0.05, 0) is 32.8 Å². The molecular formula is C21H24N4O2S. The van der Waals surface area contributed by atoms with Gasteiger partial charge in [0.1, 0.15) is 21.5 Å². The lowest BCUT2D eigenvalue weighted by Gasteiger charge is -2.31. The van der Waals surface area contributed by atoms with Gasteiger partial charge in [-0.15, -0.1) is 10.2 Å². The maximum absolute atomic E-state index is 12.5. The molecule has 6 nitrogen and oxygen atoms in total. The highest BCUT2D eigenvalue weighted by Crippen LogP contribution is 2.24. The summed E-state index contributed by atoms with van der Waals surface area (Å²) in [5.74, 6) is 1.41. The molecule has 1 aliphatic heterocycles. The molecule has 7 heteroatoms. The third-order valence-electron chi connectivity index (χ3n) is 5.05. The zero-order valence-corrected chi connectivity index (χ0v) is 17.0. The maximum atomic E-state index is 12.5. The third-order valence-corrected chi connectivity index (χ3v) is 6.01. The van der Waals surface area contributed by atoms with Gasteiger partial charge in [-0.1, -0.05) is 41.7 Å². The van der Waals surface area contributed by atoms with E-state index in [1.165, 1.54) is 0 Å². The first-order chi connectivity index (χ1) is 13.6. The number of nitrogens with one attached hydrogen (secondary N) is 1. The molecule has 1 aromatic carbocycles. The van der Waals surface area contributed by atoms with Crippen molar-refractivity contribution in [2.45, 2.75) is 39.3 Å². The number of benzene rings is 1. The SMILES string of the molecule is Cc1cc(C(=O)NC2CCN(Cc3nnc(-c4ccccc4)s3)CC2)c(C)o1. The quantitative estimate of drug-likeness (QED) is 0.710. The van der Waals surface area contributed by atoms with Crippen LogP contribution in [0.25, 0.3) is 10.6 Å². The van der Waals surface area contributed by atoms with Gasteiger partial charge < -0.3 is 9.73 Å². The second-order valence-electron chi connectivity index (χ2n) is 7.22. The van der Waals surface area contributed by atoms with Crippen molar-refractivity contribution in [2.75, 3.05) is 13.1 Å². The van der Waals surface area contributed by atoms with Crippen molar-refractivity contribution in [3.05, 3.63) is 58.5 Å². The van der Waals surface area contributed by atoms with Crippen LogP contribution in [-0.4, -0.2) is 40.1 Å². The van der Waals surface area contributed by atoms with E-state index in [0.29, 0.717) is 11.3 Å². The number of likely N-dealkylation sites (tertiary alicyclic amines) is 1. The molecule has 0 aliphatic carbocycles. The Hall–Kier alpha value is -2.51. The first-order valence-corrected chi connectivity index (χ1v) is 10.4. The molecule has 0 unspecified atom stereocenters. The minimum Gasteiger partial charge on any atom is -0.466 e. The number of hydrogen-bond donors (Lipinski definition) is 1. The lowest BCUT2D eigenvalue weighted by Crippen LogP contribution is -2.44. The molecule has 3 heterocycles. The summed E-state index contributed by atoms with van der Waals surface area (Å²) in [4.78, 5) is 14.8. The van der Waals surface area contributed by atoms with E-state index in [4.69, 9.17) is 4.42 Å². The molecule has 2 aromatic heterocycles. The highest BCUT2D eigenvalue weighted by molar-refractivity contribution is 7.14. The van der Waals surface area contributed by atoms with Crippen molar-refractivity contribution in [3.63, 3.8) is 0 Å². The summed E-state index contributed by atoms with van der Waals surface area (Å²) < 4.78 is 5.46. The Morgan fingerprint density at radius 3 is 2.64 bits per heavy atom. The molecule has 0 saturated carbocycles. The molecule has 1 amide bonds. The zero-order valence-electron chi connectivity index (χ0n) is 16.1. The zero-order chi connectivity index (χ0) is 19.5. The van der Waals surface area contributed by atoms with Crippen LogP contribution in [0.1, 0.15) is 39.7 Å². The molecule has 1 saturated heterocycles. The molecule has 0 spiro atoms. The average Bonchev–Trinajstić information content (AvgIpc) is 3.30. The van der Waals surface area contributed by atoms with Gasteiger partial charge in [-0.3, -0.25) is 9.69 Å². The van der Waals surface area contributed by atoms with Crippen LogP contribution in [0.2, 0.25) is 0 Å². The Kier molecular flexibility index (Phi) is 5.54. The molecule has 1 aliphatic rings. The summed E-state index contributed by atoms with van der Waals surface area (Å²) in [6.07, 6.45) is 1.87. The molecule has 3 aromatic rings. The number of nitrogens with zero attached hydrogens (tertiary/aromatic N) is 3. The summed E-state index contributed by atoms with van der Waals surface area (Å²) in [6.45, 7) is 6.38. The second-order valence-corrected chi connectivity index (χ2v) is 8.28. The van der Waals surface area contributed by atoms with E-state index in [0.717, 1.165) is 53.8 Å². The van der Waals surface area contributed by atoms with Gasteiger partial charge in [-0.2, -0.15) is 0 Å². The Morgan fingerprint density at radius 2 is 1.96 bits per heavy atom. The van der Waals surface area contributed by atoms with Crippen molar-refractivity contribution in [3.8, 4) is 10.6 Å². The number of piperidine rings is 1. The van der Waals surface area contributed by atoms with Gasteiger partial charge in [0, 0.05) is 24.7 Å². The van der Waals surface area contributed by atoms with Crippen LogP contribution in [-0.2, 0) is 6.54 Å². The fourth-order valence-electron chi connectivity index (χ4n) is 3.56. The summed E-state index contributed by atoms with van der Waals surface area (Å²) in [5, 5.41) is 13.8. The molecule has 1 fully saturated rings. The lowest BCUT2D eigenvalue weighted by molar-refractivity contribution is 0.0907. The topological polar surface area (TPSA) is 71.3 Å². The first-order valence-electron chi connectivity index (χ1n) is 9.56. The largest absolute Gasteiger partial charge is 0.466 e. The number of aryl methyl sites for hydroxylation is 2. The predicted molar refractivity (Wildman–Crippen MR) is 109 cm³/mol. The van der Waals surface area contributed by atoms with Crippen LogP contribution in [0.3, 0.4) is 0 Å². The minimum atomic E-state index is -0.0376. The second kappa shape index (κ2) is 8.24. The summed E-state index contributed by atoms with van der Waals surface area (Å²) in [5.41, 5.74) is 1.75. The van der Waals surface area contributed by atoms with E-state index in [-0.39, 0.29) is 11.9 Å². The summed E-state index contributed by atoms with van der Waals surface area (Å²) >= 11 is 1.65. The minimum absolute atomic E-state index is 0.0376. The van der Waals surface area contributed by atoms with E-state index in [2.05, 4.69) is 32.5 Å². The number of hydrogen-bond acceptors (Lipinski definition) is 6. The van der Waals surface area contributed by atoms with Gasteiger partial charge in [-0.25, -0.2) is 0 Å². The fourth-order valence-corrected chi connectivity index (χ4v) is 4.45. The van der Waals surface area contributed by atoms with Crippen LogP contribution in [0.5, 0.6) is 0 Å². The number of carbonyl (C=O) groups is 1. The monoisotopic (exact) mass is 396 g/mol. The summed E-state index contributed by atoms with van der Waals surface area (Å²) in [6, 6.07) is 12.2.